The van der Waals surface area contributed by atoms with E-state index in [4.69, 9.17) is 4.74 Å². The predicted molar refractivity (Wildman–Crippen MR) is 129 cm³/mol. The number of nitrogens with zero attached hydrogens (tertiary/aromatic N) is 3. The lowest BCUT2D eigenvalue weighted by Crippen LogP contribution is -2.55. The van der Waals surface area contributed by atoms with Crippen LogP contribution in [-0.4, -0.2) is 58.8 Å². The van der Waals surface area contributed by atoms with Crippen LogP contribution < -0.4 is 10.4 Å². The molecule has 0 saturated heterocycles. The van der Waals surface area contributed by atoms with Crippen molar-refractivity contribution in [2.75, 3.05) is 31.4 Å². The molecule has 1 aliphatic carbocycles. The van der Waals surface area contributed by atoms with Crippen molar-refractivity contribution in [1.82, 2.24) is 9.58 Å². The lowest BCUT2D eigenvalue weighted by atomic mass is 10.0. The lowest BCUT2D eigenvalue weighted by Gasteiger charge is -2.40. The Balaban J connectivity index is 1.58. The fourth-order valence-corrected chi connectivity index (χ4v) is 4.29. The van der Waals surface area contributed by atoms with E-state index >= 15 is 0 Å². The minimum absolute atomic E-state index is 0.0379. The number of fused-ring (bicyclic) bond motifs is 1. The molecule has 2 heterocycles. The molecule has 1 aromatic heterocycles. The van der Waals surface area contributed by atoms with Gasteiger partial charge in [0.15, 0.2) is 17.2 Å². The highest BCUT2D eigenvalue weighted by atomic mass is 19.1. The topological polar surface area (TPSA) is 92.1 Å². The average molecular weight is 504 g/mol. The number of carbonyl (C=O) groups is 2. The van der Waals surface area contributed by atoms with E-state index < -0.39 is 34.5 Å². The second-order valence-electron chi connectivity index (χ2n) is 9.69. The van der Waals surface area contributed by atoms with E-state index in [0.29, 0.717) is 32.0 Å². The molecule has 0 radical (unpaired) electrons. The molecule has 1 aliphatic heterocycles. The van der Waals surface area contributed by atoms with Gasteiger partial charge in [0.05, 0.1) is 11.7 Å². The Kier molecular flexibility index (Phi) is 7.73. The van der Waals surface area contributed by atoms with Crippen LogP contribution in [0.3, 0.4) is 0 Å². The second kappa shape index (κ2) is 10.8. The summed E-state index contributed by atoms with van der Waals surface area (Å²) >= 11 is 0. The summed E-state index contributed by atoms with van der Waals surface area (Å²) in [6.07, 6.45) is 3.82. The minimum Gasteiger partial charge on any atom is -0.502 e. The molecule has 0 spiro atoms. The van der Waals surface area contributed by atoms with E-state index in [1.54, 1.807) is 4.90 Å². The molecule has 0 bridgehead atoms. The van der Waals surface area contributed by atoms with Gasteiger partial charge in [0, 0.05) is 38.4 Å². The number of hydrogen-bond acceptors (Lipinski definition) is 6. The number of amides is 1. The Hall–Kier alpha value is -3.27. The summed E-state index contributed by atoms with van der Waals surface area (Å²) in [5.41, 5.74) is -1.23. The molecular formula is C26H31F2N3O5. The number of Topliss-reactive ketones (excluding diaryl/α,β-unsaturated/α-hetero) is 1. The van der Waals surface area contributed by atoms with Gasteiger partial charge in [-0.15, -0.1) is 0 Å². The summed E-state index contributed by atoms with van der Waals surface area (Å²) in [5.74, 6) is -2.92. The van der Waals surface area contributed by atoms with Gasteiger partial charge >= 0.3 is 0 Å². The van der Waals surface area contributed by atoms with Crippen LogP contribution in [0.2, 0.25) is 0 Å². The first-order valence-electron chi connectivity index (χ1n) is 12.3. The Morgan fingerprint density at radius 1 is 1.22 bits per heavy atom. The minimum atomic E-state index is -0.935. The van der Waals surface area contributed by atoms with Crippen LogP contribution in [0.5, 0.6) is 5.75 Å². The monoisotopic (exact) mass is 503 g/mol. The summed E-state index contributed by atoms with van der Waals surface area (Å²) in [6, 6.07) is 3.10. The highest BCUT2D eigenvalue weighted by molar-refractivity contribution is 6.00. The highest BCUT2D eigenvalue weighted by Crippen LogP contribution is 2.31. The number of carbonyl (C=O) groups excluding carboxylic acids is 2. The summed E-state index contributed by atoms with van der Waals surface area (Å²) < 4.78 is 34.1. The molecule has 1 fully saturated rings. The predicted octanol–water partition coefficient (Wildman–Crippen LogP) is 3.22. The largest absolute Gasteiger partial charge is 0.502 e. The Morgan fingerprint density at radius 2 is 1.97 bits per heavy atom. The van der Waals surface area contributed by atoms with E-state index in [-0.39, 0.29) is 42.4 Å². The van der Waals surface area contributed by atoms with Crippen molar-refractivity contribution < 1.29 is 28.2 Å². The first kappa shape index (κ1) is 25.8. The first-order valence-corrected chi connectivity index (χ1v) is 12.3. The van der Waals surface area contributed by atoms with E-state index in [1.807, 2.05) is 18.9 Å². The van der Waals surface area contributed by atoms with Gasteiger partial charge in [0.1, 0.15) is 18.3 Å². The van der Waals surface area contributed by atoms with E-state index in [1.165, 1.54) is 16.9 Å². The molecule has 0 atom stereocenters. The molecular weight excluding hydrogens is 472 g/mol. The number of aromatic hydroxyl groups is 1. The maximum absolute atomic E-state index is 14.0. The van der Waals surface area contributed by atoms with Crippen LogP contribution in [0.25, 0.3) is 0 Å². The zero-order valence-electron chi connectivity index (χ0n) is 20.5. The molecule has 1 N–H and O–H groups in total. The summed E-state index contributed by atoms with van der Waals surface area (Å²) in [5, 5.41) is 12.6. The van der Waals surface area contributed by atoms with Crippen molar-refractivity contribution in [3.63, 3.8) is 0 Å². The third-order valence-corrected chi connectivity index (χ3v) is 6.42. The molecule has 1 amide bonds. The van der Waals surface area contributed by atoms with E-state index in [0.717, 1.165) is 25.0 Å². The number of halogens is 2. The first-order chi connectivity index (χ1) is 17.2. The third-order valence-electron chi connectivity index (χ3n) is 6.42. The molecule has 2 aliphatic rings. The van der Waals surface area contributed by atoms with Gasteiger partial charge in [-0.2, -0.15) is 0 Å². The number of benzene rings is 1. The van der Waals surface area contributed by atoms with Gasteiger partial charge in [-0.3, -0.25) is 24.1 Å². The smallest absolute Gasteiger partial charge is 0.277 e. The molecule has 10 heteroatoms. The van der Waals surface area contributed by atoms with Crippen molar-refractivity contribution >= 4 is 11.7 Å². The van der Waals surface area contributed by atoms with Crippen LogP contribution in [0.1, 0.15) is 65.9 Å². The van der Waals surface area contributed by atoms with Gasteiger partial charge < -0.3 is 14.7 Å². The zero-order valence-corrected chi connectivity index (χ0v) is 20.5. The fourth-order valence-electron chi connectivity index (χ4n) is 4.29. The second-order valence-corrected chi connectivity index (χ2v) is 9.69. The van der Waals surface area contributed by atoms with Crippen molar-refractivity contribution in [3.8, 4) is 5.75 Å². The number of ketones is 1. The molecule has 2 aromatic rings. The molecule has 36 heavy (non-hydrogen) atoms. The van der Waals surface area contributed by atoms with Crippen LogP contribution >= 0.6 is 0 Å². The number of ether oxygens (including phenoxy) is 1. The number of pyridine rings is 1. The number of aromatic nitrogens is 1. The van der Waals surface area contributed by atoms with Crippen LogP contribution in [0, 0.1) is 17.6 Å². The Labute approximate surface area is 208 Å². The number of aryl methyl sites for hydroxylation is 1. The summed E-state index contributed by atoms with van der Waals surface area (Å²) in [7, 11) is 0. The lowest BCUT2D eigenvalue weighted by molar-refractivity contribution is 0.0567. The third kappa shape index (κ3) is 5.75. The Bertz CT molecular complexity index is 1210. The maximum atomic E-state index is 14.0. The van der Waals surface area contributed by atoms with Crippen molar-refractivity contribution in [2.45, 2.75) is 52.1 Å². The van der Waals surface area contributed by atoms with E-state index in [9.17, 15) is 28.3 Å². The quantitative estimate of drug-likeness (QED) is 0.374. The molecule has 1 saturated carbocycles. The maximum Gasteiger partial charge on any atom is 0.277 e. The van der Waals surface area contributed by atoms with Crippen LogP contribution in [0.15, 0.2) is 29.2 Å². The SMILES string of the molecule is CC(C)OCCCN1CN(CC2CC2)n2cc(C(=O)CCc3ccc(F)cc3F)c(=O)c(O)c2C1=O. The Morgan fingerprint density at radius 3 is 2.64 bits per heavy atom. The van der Waals surface area contributed by atoms with Gasteiger partial charge in [0.25, 0.3) is 5.91 Å². The van der Waals surface area contributed by atoms with Gasteiger partial charge in [-0.05, 0) is 57.1 Å². The van der Waals surface area contributed by atoms with Gasteiger partial charge in [-0.25, -0.2) is 8.78 Å². The van der Waals surface area contributed by atoms with Gasteiger partial charge in [-0.1, -0.05) is 6.07 Å². The summed E-state index contributed by atoms with van der Waals surface area (Å²) in [6.45, 7) is 5.59. The fraction of sp³-hybridized carbons (Fsp3) is 0.500. The molecule has 4 rings (SSSR count). The normalized spacial score (nSPS) is 15.5. The van der Waals surface area contributed by atoms with Crippen LogP contribution in [-0.2, 0) is 11.2 Å². The zero-order chi connectivity index (χ0) is 26.0. The highest BCUT2D eigenvalue weighted by Gasteiger charge is 2.36. The summed E-state index contributed by atoms with van der Waals surface area (Å²) in [4.78, 5) is 40.6. The molecule has 194 valence electrons. The van der Waals surface area contributed by atoms with Crippen molar-refractivity contribution in [2.24, 2.45) is 5.92 Å². The van der Waals surface area contributed by atoms with Crippen molar-refractivity contribution in [1.29, 1.82) is 0 Å². The average Bonchev–Trinajstić information content (AvgIpc) is 3.64. The standard InChI is InChI=1S/C26H31F2N3O5/c1-16(2)36-11-3-10-29-15-30(13-17-4-5-17)31-14-20(24(33)25(34)23(31)26(29)35)22(32)9-7-18-6-8-19(27)12-21(18)28/h6,8,12,14,16-17,34H,3-5,7,9-11,13,15H2,1-2H3. The van der Waals surface area contributed by atoms with E-state index in [2.05, 4.69) is 0 Å². The van der Waals surface area contributed by atoms with Gasteiger partial charge in [0.2, 0.25) is 5.43 Å². The molecule has 0 unspecified atom stereocenters. The molecule has 1 aromatic carbocycles. The molecule has 8 nitrogen and oxygen atoms in total. The number of hydrogen-bond donors (Lipinski definition) is 1. The van der Waals surface area contributed by atoms with Crippen molar-refractivity contribution in [3.05, 3.63) is 63.1 Å². The number of rotatable bonds is 11. The van der Waals surface area contributed by atoms with Crippen LogP contribution in [0.4, 0.5) is 8.78 Å².